The van der Waals surface area contributed by atoms with Crippen molar-refractivity contribution in [2.75, 3.05) is 0 Å². The van der Waals surface area contributed by atoms with Gasteiger partial charge in [-0.2, -0.15) is 0 Å². The molecule has 1 aliphatic rings. The molecular weight excluding hydrogens is 353 g/mol. The van der Waals surface area contributed by atoms with Gasteiger partial charge in [-0.15, -0.1) is 0 Å². The summed E-state index contributed by atoms with van der Waals surface area (Å²) >= 11 is -0.176. The minimum atomic E-state index is -0.663. The molecule has 3 rings (SSSR count). The van der Waals surface area contributed by atoms with Crippen LogP contribution in [0, 0.1) is 6.92 Å². The van der Waals surface area contributed by atoms with Crippen molar-refractivity contribution in [1.29, 1.82) is 0 Å². The first-order chi connectivity index (χ1) is 9.16. The maximum Gasteiger partial charge on any atom is -1.00 e. The number of hydrogen-bond acceptors (Lipinski definition) is 0. The van der Waals surface area contributed by atoms with Crippen molar-refractivity contribution >= 4 is 23.7 Å². The zero-order chi connectivity index (χ0) is 13.4. The smallest absolute Gasteiger partial charge is 1.00 e. The van der Waals surface area contributed by atoms with Gasteiger partial charge in [-0.1, -0.05) is 0 Å². The maximum absolute atomic E-state index is 3.66. The number of allylic oxidation sites excluding steroid dienone is 4. The van der Waals surface area contributed by atoms with Crippen LogP contribution < -0.4 is 28.8 Å². The van der Waals surface area contributed by atoms with Gasteiger partial charge in [-0.3, -0.25) is 0 Å². The van der Waals surface area contributed by atoms with E-state index in [-0.39, 0.29) is 44.0 Å². The van der Waals surface area contributed by atoms with E-state index < -0.39 is 8.80 Å². The first-order valence-electron chi connectivity index (χ1n) is 6.90. The van der Waals surface area contributed by atoms with E-state index in [1.807, 2.05) is 0 Å². The van der Waals surface area contributed by atoms with E-state index in [1.54, 1.807) is 9.07 Å². The van der Waals surface area contributed by atoms with Crippen LogP contribution in [0.15, 0.2) is 45.5 Å². The number of hydrogen-bond donors (Lipinski definition) is 1. The molecule has 0 unspecified atom stereocenters. The molecule has 0 aliphatic heterocycles. The van der Waals surface area contributed by atoms with E-state index in [9.17, 15) is 0 Å². The first-order valence-corrected chi connectivity index (χ1v) is 11.4. The summed E-state index contributed by atoms with van der Waals surface area (Å²) in [6.45, 7) is 7.15. The van der Waals surface area contributed by atoms with Crippen LogP contribution >= 0.6 is 0 Å². The van der Waals surface area contributed by atoms with Crippen molar-refractivity contribution in [2.45, 2.75) is 26.4 Å². The number of benzene rings is 1. The van der Waals surface area contributed by atoms with Gasteiger partial charge in [-0.05, 0) is 0 Å². The third kappa shape index (κ3) is 3.75. The summed E-state index contributed by atoms with van der Waals surface area (Å²) in [5.41, 5.74) is 2.77. The molecule has 1 aromatic heterocycles. The minimum Gasteiger partial charge on any atom is -1.00 e. The fraction of sp³-hybridized carbons (Fsp3) is 0.250. The third-order valence-corrected chi connectivity index (χ3v) is 8.48. The average molecular weight is 372 g/mol. The van der Waals surface area contributed by atoms with Gasteiger partial charge in [0, 0.05) is 0 Å². The number of halogens is 2. The summed E-state index contributed by atoms with van der Waals surface area (Å²) < 4.78 is 3.28. The summed E-state index contributed by atoms with van der Waals surface area (Å²) in [6.07, 6.45) is 5.96. The van der Waals surface area contributed by atoms with E-state index in [1.165, 1.54) is 26.9 Å². The topological polar surface area (TPSA) is 15.8 Å². The summed E-state index contributed by atoms with van der Waals surface area (Å²) in [6, 6.07) is 8.67. The SMILES string of the molecule is Cc1[c]([Ti+2][C]2=C([SiH](C)C)C=CC2)[nH]c2ccccc12.[Cl-].[Cl-]. The Bertz CT molecular complexity index is 689. The second-order valence-corrected chi connectivity index (χ2v) is 10.5. The fourth-order valence-electron chi connectivity index (χ4n) is 2.74. The Morgan fingerprint density at radius 2 is 1.86 bits per heavy atom. The molecule has 1 nitrogen and oxygen atoms in total. The van der Waals surface area contributed by atoms with Crippen LogP contribution in [0.5, 0.6) is 0 Å². The number of nitrogens with one attached hydrogen (secondary N) is 1. The van der Waals surface area contributed by atoms with E-state index in [0.29, 0.717) is 0 Å². The average Bonchev–Trinajstić information content (AvgIpc) is 2.97. The van der Waals surface area contributed by atoms with E-state index in [4.69, 9.17) is 0 Å². The van der Waals surface area contributed by atoms with Gasteiger partial charge in [0.2, 0.25) is 0 Å². The van der Waals surface area contributed by atoms with Crippen LogP contribution in [0.1, 0.15) is 12.0 Å². The predicted octanol–water partition coefficient (Wildman–Crippen LogP) is -2.57. The summed E-state index contributed by atoms with van der Waals surface area (Å²) in [4.78, 5) is 3.66. The standard InChI is InChI=1S/C9H8N.C7H11Si.2ClH.Ti/c1-7-6-10-9-5-3-2-4-8(7)9;1-8(2)7-5-3-4-6-7;;;/h2-5,10H,1H3;3,5,8H,4H2,1-2H3;2*1H;/q;;;;+2/p-2. The first kappa shape index (κ1) is 18.8. The molecule has 21 heavy (non-hydrogen) atoms. The molecule has 0 saturated carbocycles. The van der Waals surface area contributed by atoms with Gasteiger partial charge >= 0.3 is 125 Å². The van der Waals surface area contributed by atoms with Crippen molar-refractivity contribution in [2.24, 2.45) is 0 Å². The number of para-hydroxylation sites is 1. The van der Waals surface area contributed by atoms with Gasteiger partial charge in [0.1, 0.15) is 0 Å². The Kier molecular flexibility index (Phi) is 7.02. The monoisotopic (exact) mass is 371 g/mol. The van der Waals surface area contributed by atoms with E-state index in [2.05, 4.69) is 61.4 Å². The third-order valence-electron chi connectivity index (χ3n) is 3.83. The molecule has 2 aromatic rings. The number of aryl methyl sites for hydroxylation is 1. The molecule has 0 bridgehead atoms. The number of H-pyrrole nitrogens is 1. The van der Waals surface area contributed by atoms with Gasteiger partial charge < -0.3 is 24.8 Å². The van der Waals surface area contributed by atoms with Crippen LogP contribution in [-0.2, 0) is 19.2 Å². The second kappa shape index (κ2) is 7.85. The van der Waals surface area contributed by atoms with Gasteiger partial charge in [0.05, 0.1) is 0 Å². The Labute approximate surface area is 149 Å². The normalized spacial score (nSPS) is 13.3. The number of rotatable bonds is 3. The molecule has 0 fully saturated rings. The summed E-state index contributed by atoms with van der Waals surface area (Å²) in [5, 5.41) is 3.12. The van der Waals surface area contributed by atoms with Gasteiger partial charge in [0.15, 0.2) is 0 Å². The van der Waals surface area contributed by atoms with Crippen molar-refractivity contribution in [3.8, 4) is 0 Å². The Balaban J connectivity index is 0.00000110. The van der Waals surface area contributed by atoms with Crippen molar-refractivity contribution in [3.05, 3.63) is 51.1 Å². The predicted molar refractivity (Wildman–Crippen MR) is 82.3 cm³/mol. The maximum atomic E-state index is 3.66. The van der Waals surface area contributed by atoms with Crippen molar-refractivity contribution < 1.29 is 44.0 Å². The van der Waals surface area contributed by atoms with Gasteiger partial charge in [-0.25, -0.2) is 0 Å². The zero-order valence-corrected chi connectivity index (χ0v) is 16.7. The molecule has 1 N–H and O–H groups in total. The minimum absolute atomic E-state index is 0. The summed E-state index contributed by atoms with van der Waals surface area (Å²) in [7, 11) is -0.663. The quantitative estimate of drug-likeness (QED) is 0.571. The molecule has 0 radical (unpaired) electrons. The molecule has 0 amide bonds. The molecule has 110 valence electrons. The zero-order valence-electron chi connectivity index (χ0n) is 12.5. The molecule has 1 aromatic carbocycles. The second-order valence-electron chi connectivity index (χ2n) is 5.49. The largest absolute Gasteiger partial charge is 1.00 e. The van der Waals surface area contributed by atoms with Crippen LogP contribution in [0.3, 0.4) is 0 Å². The molecule has 1 heterocycles. The van der Waals surface area contributed by atoms with Crippen LogP contribution in [-0.4, -0.2) is 13.8 Å². The Morgan fingerprint density at radius 3 is 2.52 bits per heavy atom. The number of fused-ring (bicyclic) bond motifs is 1. The van der Waals surface area contributed by atoms with Gasteiger partial charge in [0.25, 0.3) is 0 Å². The van der Waals surface area contributed by atoms with Crippen LogP contribution in [0.25, 0.3) is 10.9 Å². The summed E-state index contributed by atoms with van der Waals surface area (Å²) in [5.74, 6) is 0. The number of aromatic nitrogens is 1. The van der Waals surface area contributed by atoms with Crippen molar-refractivity contribution in [1.82, 2.24) is 4.98 Å². The molecular formula is C16H19Cl2NSiTi. The molecule has 0 spiro atoms. The van der Waals surface area contributed by atoms with E-state index >= 15 is 0 Å². The molecule has 1 aliphatic carbocycles. The fourth-order valence-corrected chi connectivity index (χ4v) is 7.71. The Morgan fingerprint density at radius 1 is 1.14 bits per heavy atom. The van der Waals surface area contributed by atoms with E-state index in [0.717, 1.165) is 0 Å². The number of aromatic amines is 1. The molecule has 5 heteroatoms. The van der Waals surface area contributed by atoms with Crippen molar-refractivity contribution in [3.63, 3.8) is 0 Å². The van der Waals surface area contributed by atoms with Crippen LogP contribution in [0.4, 0.5) is 0 Å². The molecule has 0 atom stereocenters. The van der Waals surface area contributed by atoms with Crippen LogP contribution in [0.2, 0.25) is 13.1 Å². The Hall–Kier alpha value is -0.249. The molecule has 0 saturated heterocycles.